The van der Waals surface area contributed by atoms with E-state index in [0.717, 1.165) is 11.1 Å². The molecule has 0 saturated carbocycles. The van der Waals surface area contributed by atoms with Gasteiger partial charge in [0.05, 0.1) is 6.54 Å². The summed E-state index contributed by atoms with van der Waals surface area (Å²) < 4.78 is 15.3. The summed E-state index contributed by atoms with van der Waals surface area (Å²) >= 11 is 0. The number of rotatable bonds is 7. The zero-order valence-corrected chi connectivity index (χ0v) is 13.7. The number of amides is 1. The van der Waals surface area contributed by atoms with Crippen LogP contribution < -0.4 is 5.32 Å². The highest BCUT2D eigenvalue weighted by atomic mass is 19.1. The normalized spacial score (nSPS) is 10.6. The van der Waals surface area contributed by atoms with Gasteiger partial charge in [-0.1, -0.05) is 42.5 Å². The van der Waals surface area contributed by atoms with Gasteiger partial charge in [-0.15, -0.1) is 0 Å². The number of aromatic nitrogens is 3. The monoisotopic (exact) mass is 338 g/mol. The van der Waals surface area contributed by atoms with Crippen LogP contribution in [0.1, 0.15) is 23.1 Å². The number of hydrogen-bond donors (Lipinski definition) is 1. The first kappa shape index (κ1) is 16.8. The Morgan fingerprint density at radius 2 is 1.84 bits per heavy atom. The van der Waals surface area contributed by atoms with Crippen LogP contribution in [0.2, 0.25) is 0 Å². The third-order valence-electron chi connectivity index (χ3n) is 3.90. The molecule has 3 rings (SSSR count). The van der Waals surface area contributed by atoms with Gasteiger partial charge in [0.25, 0.3) is 0 Å². The van der Waals surface area contributed by atoms with Gasteiger partial charge in [-0.2, -0.15) is 5.10 Å². The van der Waals surface area contributed by atoms with Gasteiger partial charge in [-0.25, -0.2) is 14.1 Å². The highest BCUT2D eigenvalue weighted by molar-refractivity contribution is 5.76. The van der Waals surface area contributed by atoms with Gasteiger partial charge in [0.15, 0.2) is 0 Å². The molecule has 0 aliphatic heterocycles. The SMILES string of the molecule is O=C(CCc1ccccc1F)NCc1ccc(Cn2cncn2)cc1. The minimum atomic E-state index is -0.265. The Morgan fingerprint density at radius 1 is 1.08 bits per heavy atom. The van der Waals surface area contributed by atoms with Crippen molar-refractivity contribution in [1.82, 2.24) is 20.1 Å². The molecule has 1 aromatic heterocycles. The molecular formula is C19H19FN4O. The fourth-order valence-corrected chi connectivity index (χ4v) is 2.50. The van der Waals surface area contributed by atoms with E-state index in [9.17, 15) is 9.18 Å². The third kappa shape index (κ3) is 4.97. The van der Waals surface area contributed by atoms with Crippen LogP contribution in [0, 0.1) is 5.82 Å². The number of hydrogen-bond acceptors (Lipinski definition) is 3. The number of benzene rings is 2. The zero-order chi connectivity index (χ0) is 17.5. The lowest BCUT2D eigenvalue weighted by Gasteiger charge is -2.07. The van der Waals surface area contributed by atoms with Gasteiger partial charge in [-0.3, -0.25) is 4.79 Å². The van der Waals surface area contributed by atoms with Crippen molar-refractivity contribution in [1.29, 1.82) is 0 Å². The lowest BCUT2D eigenvalue weighted by Crippen LogP contribution is -2.23. The van der Waals surface area contributed by atoms with E-state index in [0.29, 0.717) is 25.1 Å². The second-order valence-electron chi connectivity index (χ2n) is 5.78. The Hall–Kier alpha value is -3.02. The molecule has 6 heteroatoms. The van der Waals surface area contributed by atoms with Crippen LogP contribution in [0.25, 0.3) is 0 Å². The van der Waals surface area contributed by atoms with Crippen LogP contribution in [0.4, 0.5) is 4.39 Å². The van der Waals surface area contributed by atoms with Crippen molar-refractivity contribution in [3.63, 3.8) is 0 Å². The Bertz CT molecular complexity index is 816. The van der Waals surface area contributed by atoms with E-state index in [1.54, 1.807) is 29.2 Å². The highest BCUT2D eigenvalue weighted by Gasteiger charge is 2.06. The molecule has 3 aromatic rings. The van der Waals surface area contributed by atoms with Crippen molar-refractivity contribution in [2.24, 2.45) is 0 Å². The number of carbonyl (C=O) groups is 1. The highest BCUT2D eigenvalue weighted by Crippen LogP contribution is 2.09. The lowest BCUT2D eigenvalue weighted by atomic mass is 10.1. The van der Waals surface area contributed by atoms with Crippen LogP contribution in [-0.4, -0.2) is 20.7 Å². The predicted molar refractivity (Wildman–Crippen MR) is 92.1 cm³/mol. The topological polar surface area (TPSA) is 59.8 Å². The summed E-state index contributed by atoms with van der Waals surface area (Å²) in [5.41, 5.74) is 2.69. The van der Waals surface area contributed by atoms with Crippen molar-refractivity contribution in [2.45, 2.75) is 25.9 Å². The Labute approximate surface area is 145 Å². The van der Waals surface area contributed by atoms with E-state index in [-0.39, 0.29) is 18.1 Å². The molecule has 0 fully saturated rings. The van der Waals surface area contributed by atoms with E-state index in [1.165, 1.54) is 12.4 Å². The number of nitrogens with one attached hydrogen (secondary N) is 1. The van der Waals surface area contributed by atoms with E-state index < -0.39 is 0 Å². The molecule has 0 bridgehead atoms. The molecular weight excluding hydrogens is 319 g/mol. The summed E-state index contributed by atoms with van der Waals surface area (Å²) in [4.78, 5) is 15.8. The summed E-state index contributed by atoms with van der Waals surface area (Å²) in [5.74, 6) is -0.354. The molecule has 1 heterocycles. The molecule has 1 amide bonds. The molecule has 0 saturated heterocycles. The Morgan fingerprint density at radius 3 is 2.56 bits per heavy atom. The maximum absolute atomic E-state index is 13.5. The molecule has 1 N–H and O–H groups in total. The minimum absolute atomic E-state index is 0.0880. The van der Waals surface area contributed by atoms with Crippen molar-refractivity contribution in [2.75, 3.05) is 0 Å². The summed E-state index contributed by atoms with van der Waals surface area (Å²) in [5, 5.41) is 6.93. The zero-order valence-electron chi connectivity index (χ0n) is 13.7. The van der Waals surface area contributed by atoms with E-state index in [4.69, 9.17) is 0 Å². The Balaban J connectivity index is 1.45. The van der Waals surface area contributed by atoms with E-state index >= 15 is 0 Å². The van der Waals surface area contributed by atoms with Gasteiger partial charge >= 0.3 is 0 Å². The fourth-order valence-electron chi connectivity index (χ4n) is 2.50. The number of halogens is 1. The maximum atomic E-state index is 13.5. The lowest BCUT2D eigenvalue weighted by molar-refractivity contribution is -0.121. The first-order chi connectivity index (χ1) is 12.2. The number of nitrogens with zero attached hydrogens (tertiary/aromatic N) is 3. The summed E-state index contributed by atoms with van der Waals surface area (Å²) in [6, 6.07) is 14.5. The number of carbonyl (C=O) groups excluding carboxylic acids is 1. The van der Waals surface area contributed by atoms with Gasteiger partial charge < -0.3 is 5.32 Å². The van der Waals surface area contributed by atoms with Crippen molar-refractivity contribution >= 4 is 5.91 Å². The van der Waals surface area contributed by atoms with Gasteiger partial charge in [0.1, 0.15) is 18.5 Å². The van der Waals surface area contributed by atoms with Crippen molar-refractivity contribution in [3.8, 4) is 0 Å². The molecule has 128 valence electrons. The molecule has 0 radical (unpaired) electrons. The standard InChI is InChI=1S/C19H19FN4O/c20-18-4-2-1-3-17(18)9-10-19(25)22-11-15-5-7-16(8-6-15)12-24-14-21-13-23-24/h1-8,13-14H,9-12H2,(H,22,25). The third-order valence-corrected chi connectivity index (χ3v) is 3.90. The van der Waals surface area contributed by atoms with Crippen LogP contribution in [0.3, 0.4) is 0 Å². The van der Waals surface area contributed by atoms with Crippen molar-refractivity contribution in [3.05, 3.63) is 83.7 Å². The molecule has 5 nitrogen and oxygen atoms in total. The van der Waals surface area contributed by atoms with Crippen LogP contribution >= 0.6 is 0 Å². The average molecular weight is 338 g/mol. The van der Waals surface area contributed by atoms with E-state index in [2.05, 4.69) is 15.4 Å². The molecule has 0 aliphatic carbocycles. The van der Waals surface area contributed by atoms with Gasteiger partial charge in [-0.05, 0) is 29.2 Å². The van der Waals surface area contributed by atoms with Gasteiger partial charge in [0, 0.05) is 13.0 Å². The molecule has 0 aliphatic rings. The largest absolute Gasteiger partial charge is 0.352 e. The molecule has 0 unspecified atom stereocenters. The summed E-state index contributed by atoms with van der Waals surface area (Å²) in [6.07, 6.45) is 3.84. The minimum Gasteiger partial charge on any atom is -0.352 e. The molecule has 2 aromatic carbocycles. The smallest absolute Gasteiger partial charge is 0.220 e. The first-order valence-corrected chi connectivity index (χ1v) is 8.11. The maximum Gasteiger partial charge on any atom is 0.220 e. The quantitative estimate of drug-likeness (QED) is 0.720. The van der Waals surface area contributed by atoms with Crippen LogP contribution in [-0.2, 0) is 24.3 Å². The molecule has 0 spiro atoms. The predicted octanol–water partition coefficient (Wildman–Crippen LogP) is 2.71. The van der Waals surface area contributed by atoms with Gasteiger partial charge in [0.2, 0.25) is 5.91 Å². The second-order valence-corrected chi connectivity index (χ2v) is 5.78. The second kappa shape index (κ2) is 8.19. The van der Waals surface area contributed by atoms with Crippen LogP contribution in [0.15, 0.2) is 61.2 Å². The van der Waals surface area contributed by atoms with Crippen molar-refractivity contribution < 1.29 is 9.18 Å². The Kier molecular flexibility index (Phi) is 5.51. The number of aryl methyl sites for hydroxylation is 1. The summed E-state index contributed by atoms with van der Waals surface area (Å²) in [6.45, 7) is 1.12. The molecule has 25 heavy (non-hydrogen) atoms. The fraction of sp³-hybridized carbons (Fsp3) is 0.211. The van der Waals surface area contributed by atoms with E-state index in [1.807, 2.05) is 24.3 Å². The van der Waals surface area contributed by atoms with Crippen LogP contribution in [0.5, 0.6) is 0 Å². The first-order valence-electron chi connectivity index (χ1n) is 8.11. The summed E-state index contributed by atoms with van der Waals surface area (Å²) in [7, 11) is 0. The average Bonchev–Trinajstić information content (AvgIpc) is 3.13. The molecule has 0 atom stereocenters.